The number of hydrogen-bond acceptors (Lipinski definition) is 5. The van der Waals surface area contributed by atoms with E-state index in [0.717, 1.165) is 22.6 Å². The molecule has 0 saturated heterocycles. The van der Waals surface area contributed by atoms with Gasteiger partial charge >= 0.3 is 6.03 Å². The van der Waals surface area contributed by atoms with Crippen LogP contribution in [-0.4, -0.2) is 40.0 Å². The van der Waals surface area contributed by atoms with Crippen LogP contribution in [0.2, 0.25) is 0 Å². The number of nitrogens with one attached hydrogen (secondary N) is 2. The summed E-state index contributed by atoms with van der Waals surface area (Å²) in [7, 11) is 3.17. The number of carbonyl (C=O) groups is 1. The molecule has 1 heterocycles. The molecule has 0 spiro atoms. The van der Waals surface area contributed by atoms with Crippen molar-refractivity contribution in [2.24, 2.45) is 0 Å². The Hall–Kier alpha value is -3.09. The first-order valence-corrected chi connectivity index (χ1v) is 8.80. The molecule has 0 saturated carbocycles. The fourth-order valence-corrected chi connectivity index (χ4v) is 2.80. The molecule has 27 heavy (non-hydrogen) atoms. The van der Waals surface area contributed by atoms with Crippen LogP contribution in [0.5, 0.6) is 23.0 Å². The van der Waals surface area contributed by atoms with Crippen LogP contribution in [0.1, 0.15) is 11.1 Å². The van der Waals surface area contributed by atoms with Crippen LogP contribution in [0.25, 0.3) is 0 Å². The average molecular weight is 372 g/mol. The number of amides is 2. The highest BCUT2D eigenvalue weighted by Gasteiger charge is 2.11. The van der Waals surface area contributed by atoms with Crippen molar-refractivity contribution >= 4 is 6.03 Å². The molecule has 2 aromatic carbocycles. The largest absolute Gasteiger partial charge is 0.493 e. The lowest BCUT2D eigenvalue weighted by Crippen LogP contribution is -2.36. The smallest absolute Gasteiger partial charge is 0.315 e. The first-order chi connectivity index (χ1) is 13.2. The van der Waals surface area contributed by atoms with Crippen LogP contribution in [0.15, 0.2) is 36.4 Å². The summed E-state index contributed by atoms with van der Waals surface area (Å²) >= 11 is 0. The third kappa shape index (κ3) is 4.97. The first kappa shape index (κ1) is 18.7. The van der Waals surface area contributed by atoms with Gasteiger partial charge < -0.3 is 29.6 Å². The van der Waals surface area contributed by atoms with Gasteiger partial charge in [0.25, 0.3) is 0 Å². The second kappa shape index (κ2) is 9.02. The summed E-state index contributed by atoms with van der Waals surface area (Å²) in [5.74, 6) is 2.82. The summed E-state index contributed by atoms with van der Waals surface area (Å²) in [6, 6.07) is 11.2. The number of carbonyl (C=O) groups excluding carboxylic acids is 1. The van der Waals surface area contributed by atoms with Crippen LogP contribution in [0.3, 0.4) is 0 Å². The molecule has 2 amide bonds. The summed E-state index contributed by atoms with van der Waals surface area (Å²) in [6.07, 6.45) is 0.709. The van der Waals surface area contributed by atoms with E-state index >= 15 is 0 Å². The van der Waals surface area contributed by atoms with E-state index in [9.17, 15) is 4.79 Å². The summed E-state index contributed by atoms with van der Waals surface area (Å²) in [6.45, 7) is 2.06. The van der Waals surface area contributed by atoms with Gasteiger partial charge in [0.15, 0.2) is 23.0 Å². The molecular weight excluding hydrogens is 348 g/mol. The van der Waals surface area contributed by atoms with Crippen molar-refractivity contribution in [3.05, 3.63) is 47.5 Å². The highest BCUT2D eigenvalue weighted by atomic mass is 16.6. The minimum Gasteiger partial charge on any atom is -0.493 e. The van der Waals surface area contributed by atoms with E-state index in [4.69, 9.17) is 18.9 Å². The lowest BCUT2D eigenvalue weighted by Gasteiger charge is -2.18. The van der Waals surface area contributed by atoms with E-state index in [1.807, 2.05) is 36.4 Å². The normalized spacial score (nSPS) is 12.2. The molecule has 0 bridgehead atoms. The molecule has 0 radical (unpaired) electrons. The minimum absolute atomic E-state index is 0.220. The van der Waals surface area contributed by atoms with E-state index in [1.54, 1.807) is 14.2 Å². The van der Waals surface area contributed by atoms with E-state index < -0.39 is 0 Å². The molecule has 1 aliphatic rings. The number of urea groups is 1. The zero-order valence-electron chi connectivity index (χ0n) is 15.5. The lowest BCUT2D eigenvalue weighted by molar-refractivity contribution is 0.171. The van der Waals surface area contributed by atoms with Crippen LogP contribution >= 0.6 is 0 Å². The molecule has 0 unspecified atom stereocenters. The zero-order chi connectivity index (χ0) is 19.1. The lowest BCUT2D eigenvalue weighted by atomic mass is 10.1. The summed E-state index contributed by atoms with van der Waals surface area (Å²) < 4.78 is 21.5. The molecule has 1 aliphatic heterocycles. The summed E-state index contributed by atoms with van der Waals surface area (Å²) in [4.78, 5) is 12.0. The third-order valence-electron chi connectivity index (χ3n) is 4.21. The van der Waals surface area contributed by atoms with Crippen molar-refractivity contribution in [2.45, 2.75) is 13.0 Å². The van der Waals surface area contributed by atoms with Crippen molar-refractivity contribution in [1.29, 1.82) is 0 Å². The van der Waals surface area contributed by atoms with Gasteiger partial charge in [0.2, 0.25) is 0 Å². The average Bonchev–Trinajstić information content (AvgIpc) is 2.72. The minimum atomic E-state index is -0.220. The van der Waals surface area contributed by atoms with E-state index in [-0.39, 0.29) is 6.03 Å². The molecule has 2 N–H and O–H groups in total. The number of fused-ring (bicyclic) bond motifs is 1. The van der Waals surface area contributed by atoms with Gasteiger partial charge in [0.05, 0.1) is 14.2 Å². The van der Waals surface area contributed by atoms with Crippen molar-refractivity contribution < 1.29 is 23.7 Å². The van der Waals surface area contributed by atoms with Crippen LogP contribution in [0.4, 0.5) is 4.79 Å². The Morgan fingerprint density at radius 2 is 1.67 bits per heavy atom. The Labute approximate surface area is 158 Å². The van der Waals surface area contributed by atoms with Gasteiger partial charge in [-0.3, -0.25) is 0 Å². The predicted octanol–water partition coefficient (Wildman–Crippen LogP) is 2.52. The highest BCUT2D eigenvalue weighted by Crippen LogP contribution is 2.30. The molecule has 0 aliphatic carbocycles. The van der Waals surface area contributed by atoms with Gasteiger partial charge in [-0.05, 0) is 41.8 Å². The van der Waals surface area contributed by atoms with Gasteiger partial charge in [-0.2, -0.15) is 0 Å². The Bertz CT molecular complexity index is 794. The molecule has 7 heteroatoms. The number of benzene rings is 2. The van der Waals surface area contributed by atoms with Crippen LogP contribution < -0.4 is 29.6 Å². The molecule has 2 aromatic rings. The predicted molar refractivity (Wildman–Crippen MR) is 101 cm³/mol. The maximum absolute atomic E-state index is 12.0. The summed E-state index contributed by atoms with van der Waals surface area (Å²) in [5, 5.41) is 5.69. The number of ether oxygens (including phenoxy) is 4. The number of methoxy groups -OCH3 is 2. The first-order valence-electron chi connectivity index (χ1n) is 8.80. The fourth-order valence-electron chi connectivity index (χ4n) is 2.80. The fraction of sp³-hybridized carbons (Fsp3) is 0.350. The van der Waals surface area contributed by atoms with Gasteiger partial charge in [0, 0.05) is 13.1 Å². The van der Waals surface area contributed by atoms with Crippen molar-refractivity contribution in [3.63, 3.8) is 0 Å². The topological polar surface area (TPSA) is 78.1 Å². The van der Waals surface area contributed by atoms with Crippen LogP contribution in [-0.2, 0) is 13.0 Å². The maximum atomic E-state index is 12.0. The molecule has 144 valence electrons. The molecule has 7 nitrogen and oxygen atoms in total. The van der Waals surface area contributed by atoms with E-state index in [2.05, 4.69) is 10.6 Å². The Morgan fingerprint density at radius 3 is 2.44 bits per heavy atom. The highest BCUT2D eigenvalue weighted by molar-refractivity contribution is 5.73. The number of hydrogen-bond donors (Lipinski definition) is 2. The molecular formula is C20H24N2O5. The molecule has 3 rings (SSSR count). The van der Waals surface area contributed by atoms with Gasteiger partial charge in [-0.15, -0.1) is 0 Å². The molecule has 0 aromatic heterocycles. The quantitative estimate of drug-likeness (QED) is 0.781. The monoisotopic (exact) mass is 372 g/mol. The summed E-state index contributed by atoms with van der Waals surface area (Å²) in [5.41, 5.74) is 2.01. The van der Waals surface area contributed by atoms with Gasteiger partial charge in [-0.1, -0.05) is 12.1 Å². The zero-order valence-corrected chi connectivity index (χ0v) is 15.5. The van der Waals surface area contributed by atoms with E-state index in [0.29, 0.717) is 44.2 Å². The standard InChI is InChI=1S/C20H24N2O5/c1-24-16-5-4-15(12-18(16)25-2)13-22-20(23)21-8-7-14-3-6-17-19(11-14)27-10-9-26-17/h3-6,11-12H,7-10,13H2,1-2H3,(H2,21,22,23). The van der Waals surface area contributed by atoms with Gasteiger partial charge in [0.1, 0.15) is 13.2 Å². The van der Waals surface area contributed by atoms with Crippen molar-refractivity contribution in [2.75, 3.05) is 34.0 Å². The number of rotatable bonds is 7. The van der Waals surface area contributed by atoms with E-state index in [1.165, 1.54) is 0 Å². The molecule has 0 fully saturated rings. The SMILES string of the molecule is COc1ccc(CNC(=O)NCCc2ccc3c(c2)OCCO3)cc1OC. The second-order valence-electron chi connectivity index (χ2n) is 6.03. The van der Waals surface area contributed by atoms with Crippen molar-refractivity contribution in [1.82, 2.24) is 10.6 Å². The Kier molecular flexibility index (Phi) is 6.25. The second-order valence-corrected chi connectivity index (χ2v) is 6.03. The Balaban J connectivity index is 1.43. The van der Waals surface area contributed by atoms with Crippen LogP contribution in [0, 0.1) is 0 Å². The third-order valence-corrected chi connectivity index (χ3v) is 4.21. The molecule has 0 atom stereocenters. The van der Waals surface area contributed by atoms with Gasteiger partial charge in [-0.25, -0.2) is 4.79 Å². The van der Waals surface area contributed by atoms with Crippen molar-refractivity contribution in [3.8, 4) is 23.0 Å². The maximum Gasteiger partial charge on any atom is 0.315 e. The Morgan fingerprint density at radius 1 is 0.926 bits per heavy atom.